The summed E-state index contributed by atoms with van der Waals surface area (Å²) in [5.41, 5.74) is 6.72. The smallest absolute Gasteiger partial charge is 0.309 e. The van der Waals surface area contributed by atoms with Crippen LogP contribution in [0.1, 0.15) is 39.3 Å². The Balaban J connectivity index is 1.91. The van der Waals surface area contributed by atoms with Crippen molar-refractivity contribution in [2.75, 3.05) is 33.0 Å². The van der Waals surface area contributed by atoms with Crippen molar-refractivity contribution in [2.45, 2.75) is 39.3 Å². The number of phenolic OH excluding ortho intramolecular Hbond substituents is 1. The van der Waals surface area contributed by atoms with E-state index in [1.807, 2.05) is 46.7 Å². The van der Waals surface area contributed by atoms with Gasteiger partial charge in [0.2, 0.25) is 0 Å². The number of ether oxygens (including phenoxy) is 1. The highest BCUT2D eigenvalue weighted by Crippen LogP contribution is 2.35. The number of fused-ring (bicyclic) bond motifs is 1. The number of nitrogens with zero attached hydrogens (tertiary/aromatic N) is 7. The van der Waals surface area contributed by atoms with Gasteiger partial charge in [0.05, 0.1) is 23.2 Å². The first-order valence-electron chi connectivity index (χ1n) is 11.8. The van der Waals surface area contributed by atoms with Gasteiger partial charge >= 0.3 is 5.56 Å². The van der Waals surface area contributed by atoms with Crippen molar-refractivity contribution < 1.29 is 14.2 Å². The van der Waals surface area contributed by atoms with Crippen molar-refractivity contribution in [3.05, 3.63) is 52.5 Å². The van der Waals surface area contributed by atoms with Crippen LogP contribution in [0.3, 0.4) is 0 Å². The molecule has 0 aliphatic heterocycles. The van der Waals surface area contributed by atoms with Crippen LogP contribution < -0.4 is 16.0 Å². The SMILES string of the molecule is CC(c1cnn(C(C)(C)C)c(=O)c1OCCN(C)C)n1nc(-c2cc(O)cc(F)c2)c2c(N)ncnc21. The van der Waals surface area contributed by atoms with Crippen LogP contribution in [0.15, 0.2) is 35.5 Å². The van der Waals surface area contributed by atoms with E-state index in [0.717, 1.165) is 6.07 Å². The van der Waals surface area contributed by atoms with E-state index < -0.39 is 17.4 Å². The van der Waals surface area contributed by atoms with Crippen LogP contribution in [0, 0.1) is 5.82 Å². The molecule has 3 N–H and O–H groups in total. The second kappa shape index (κ2) is 9.77. The summed E-state index contributed by atoms with van der Waals surface area (Å²) >= 11 is 0. The Bertz CT molecular complexity index is 1490. The topological polar surface area (TPSA) is 137 Å². The fourth-order valence-corrected chi connectivity index (χ4v) is 4.01. The number of hydrogen-bond acceptors (Lipinski definition) is 9. The standard InChI is InChI=1S/C25H31FN8O3/c1-14(18-12-30-34(25(2,3)4)24(36)21(18)37-8-7-32(5)6)33-23-19(22(27)28-13-29-23)20(31-33)15-9-16(26)11-17(35)10-15/h9-14,35H,7-8H2,1-6H3,(H2,27,28,29). The van der Waals surface area contributed by atoms with Gasteiger partial charge in [-0.2, -0.15) is 10.2 Å². The third kappa shape index (κ3) is 5.10. The van der Waals surface area contributed by atoms with Gasteiger partial charge in [-0.05, 0) is 53.9 Å². The molecule has 0 aliphatic carbocycles. The Morgan fingerprint density at radius 1 is 1.22 bits per heavy atom. The molecular weight excluding hydrogens is 479 g/mol. The first-order chi connectivity index (χ1) is 17.4. The molecule has 4 aromatic rings. The van der Waals surface area contributed by atoms with Gasteiger partial charge in [-0.3, -0.25) is 4.79 Å². The fourth-order valence-electron chi connectivity index (χ4n) is 4.01. The molecule has 12 heteroatoms. The summed E-state index contributed by atoms with van der Waals surface area (Å²) in [6.45, 7) is 8.38. The molecule has 0 amide bonds. The lowest BCUT2D eigenvalue weighted by Gasteiger charge is -2.24. The van der Waals surface area contributed by atoms with E-state index in [1.54, 1.807) is 10.9 Å². The third-order valence-electron chi connectivity index (χ3n) is 5.87. The fraction of sp³-hybridized carbons (Fsp3) is 0.400. The minimum absolute atomic E-state index is 0.144. The number of anilines is 1. The van der Waals surface area contributed by atoms with Gasteiger partial charge in [0.25, 0.3) is 0 Å². The van der Waals surface area contributed by atoms with Gasteiger partial charge in [0.15, 0.2) is 11.4 Å². The highest BCUT2D eigenvalue weighted by Gasteiger charge is 2.27. The van der Waals surface area contributed by atoms with E-state index in [2.05, 4.69) is 20.2 Å². The largest absolute Gasteiger partial charge is 0.508 e. The summed E-state index contributed by atoms with van der Waals surface area (Å²) in [6.07, 6.45) is 2.90. The molecule has 0 radical (unpaired) electrons. The van der Waals surface area contributed by atoms with Gasteiger partial charge in [0.1, 0.15) is 36.0 Å². The first-order valence-corrected chi connectivity index (χ1v) is 11.8. The lowest BCUT2D eigenvalue weighted by Crippen LogP contribution is -2.38. The van der Waals surface area contributed by atoms with E-state index in [9.17, 15) is 14.3 Å². The zero-order valence-corrected chi connectivity index (χ0v) is 21.7. The number of phenols is 1. The molecule has 1 atom stereocenters. The molecule has 0 saturated carbocycles. The average molecular weight is 511 g/mol. The highest BCUT2D eigenvalue weighted by atomic mass is 19.1. The molecule has 3 aromatic heterocycles. The minimum Gasteiger partial charge on any atom is -0.508 e. The lowest BCUT2D eigenvalue weighted by molar-refractivity contribution is 0.244. The zero-order chi connectivity index (χ0) is 27.1. The minimum atomic E-state index is -0.632. The van der Waals surface area contributed by atoms with Crippen LogP contribution in [0.4, 0.5) is 10.2 Å². The summed E-state index contributed by atoms with van der Waals surface area (Å²) in [7, 11) is 3.83. The zero-order valence-electron chi connectivity index (χ0n) is 21.7. The van der Waals surface area contributed by atoms with Crippen LogP contribution in [-0.2, 0) is 5.54 Å². The number of nitrogen functional groups attached to an aromatic ring is 1. The Morgan fingerprint density at radius 2 is 1.95 bits per heavy atom. The molecule has 0 spiro atoms. The molecule has 196 valence electrons. The monoisotopic (exact) mass is 510 g/mol. The molecule has 3 heterocycles. The van der Waals surface area contributed by atoms with Gasteiger partial charge < -0.3 is 20.5 Å². The van der Waals surface area contributed by atoms with E-state index in [-0.39, 0.29) is 22.9 Å². The van der Waals surface area contributed by atoms with Crippen LogP contribution >= 0.6 is 0 Å². The van der Waals surface area contributed by atoms with Gasteiger partial charge in [-0.15, -0.1) is 0 Å². The van der Waals surface area contributed by atoms with Crippen LogP contribution in [0.25, 0.3) is 22.3 Å². The molecule has 0 bridgehead atoms. The van der Waals surface area contributed by atoms with Crippen molar-refractivity contribution >= 4 is 16.9 Å². The van der Waals surface area contributed by atoms with Crippen LogP contribution in [0.5, 0.6) is 11.5 Å². The Kier molecular flexibility index (Phi) is 6.87. The van der Waals surface area contributed by atoms with Crippen LogP contribution in [-0.4, -0.2) is 66.8 Å². The number of hydrogen-bond donors (Lipinski definition) is 2. The molecule has 37 heavy (non-hydrogen) atoms. The van der Waals surface area contributed by atoms with Gasteiger partial charge in [0, 0.05) is 23.7 Å². The molecule has 0 saturated heterocycles. The van der Waals surface area contributed by atoms with Crippen molar-refractivity contribution in [3.63, 3.8) is 0 Å². The van der Waals surface area contributed by atoms with E-state index >= 15 is 0 Å². The van der Waals surface area contributed by atoms with Crippen molar-refractivity contribution in [1.82, 2.24) is 34.4 Å². The van der Waals surface area contributed by atoms with E-state index in [0.29, 0.717) is 41.0 Å². The first kappa shape index (κ1) is 26.0. The Hall–Kier alpha value is -4.06. The number of likely N-dealkylation sites (N-methyl/N-ethyl adjacent to an activating group) is 1. The Labute approximate surface area is 213 Å². The molecule has 11 nitrogen and oxygen atoms in total. The summed E-state index contributed by atoms with van der Waals surface area (Å²) < 4.78 is 23.1. The van der Waals surface area contributed by atoms with Gasteiger partial charge in [-0.1, -0.05) is 0 Å². The molecule has 0 aliphatic rings. The summed E-state index contributed by atoms with van der Waals surface area (Å²) in [6, 6.07) is 3.05. The lowest BCUT2D eigenvalue weighted by atomic mass is 10.1. The maximum absolute atomic E-state index is 14.1. The highest BCUT2D eigenvalue weighted by molar-refractivity contribution is 5.98. The predicted molar refractivity (Wildman–Crippen MR) is 138 cm³/mol. The molecule has 4 rings (SSSR count). The van der Waals surface area contributed by atoms with Crippen molar-refractivity contribution in [2.24, 2.45) is 0 Å². The van der Waals surface area contributed by atoms with E-state index in [4.69, 9.17) is 10.5 Å². The summed E-state index contributed by atoms with van der Waals surface area (Å²) in [4.78, 5) is 23.9. The molecule has 1 unspecified atom stereocenters. The number of nitrogens with two attached hydrogens (primary N) is 1. The van der Waals surface area contributed by atoms with Gasteiger partial charge in [-0.25, -0.2) is 23.7 Å². The Morgan fingerprint density at radius 3 is 2.59 bits per heavy atom. The van der Waals surface area contributed by atoms with Crippen LogP contribution in [0.2, 0.25) is 0 Å². The second-order valence-electron chi connectivity index (χ2n) is 10.1. The van der Waals surface area contributed by atoms with E-state index in [1.165, 1.54) is 23.1 Å². The summed E-state index contributed by atoms with van der Waals surface area (Å²) in [5, 5.41) is 19.5. The molecular formula is C25H31FN8O3. The third-order valence-corrected chi connectivity index (χ3v) is 5.87. The molecule has 0 fully saturated rings. The molecule has 1 aromatic carbocycles. The number of aromatic hydroxyl groups is 1. The maximum atomic E-state index is 14.1. The number of rotatable bonds is 7. The second-order valence-corrected chi connectivity index (χ2v) is 10.1. The number of halogens is 1. The van der Waals surface area contributed by atoms with Crippen molar-refractivity contribution in [3.8, 4) is 22.8 Å². The number of aromatic nitrogens is 6. The summed E-state index contributed by atoms with van der Waals surface area (Å²) in [5.74, 6) is -0.582. The maximum Gasteiger partial charge on any atom is 0.309 e. The van der Waals surface area contributed by atoms with Crippen molar-refractivity contribution in [1.29, 1.82) is 0 Å². The normalized spacial score (nSPS) is 12.9. The number of benzene rings is 1. The quantitative estimate of drug-likeness (QED) is 0.384. The predicted octanol–water partition coefficient (Wildman–Crippen LogP) is 2.78. The average Bonchev–Trinajstić information content (AvgIpc) is 3.19.